The van der Waals surface area contributed by atoms with Crippen LogP contribution >= 0.6 is 23.7 Å². The van der Waals surface area contributed by atoms with E-state index in [1.807, 2.05) is 10.3 Å². The third kappa shape index (κ3) is 2.71. The number of nitrogens with one attached hydrogen (secondary N) is 1. The zero-order chi connectivity index (χ0) is 14.2. The molecule has 0 saturated carbocycles. The van der Waals surface area contributed by atoms with E-state index >= 15 is 0 Å². The van der Waals surface area contributed by atoms with Gasteiger partial charge in [-0.05, 0) is 19.0 Å². The summed E-state index contributed by atoms with van der Waals surface area (Å²) >= 11 is 1.52. The van der Waals surface area contributed by atoms with E-state index in [1.54, 1.807) is 18.5 Å². The van der Waals surface area contributed by atoms with Crippen LogP contribution in [0.2, 0.25) is 0 Å². The number of nitrogens with zero attached hydrogens (tertiary/aromatic N) is 4. The number of rotatable bonds is 3. The fraction of sp³-hybridized carbons (Fsp3) is 0.429. The lowest BCUT2D eigenvalue weighted by molar-refractivity contribution is -0.129. The number of carbonyl (C=O) groups is 1. The molecule has 2 aliphatic rings. The topological polar surface area (TPSA) is 71.0 Å². The average Bonchev–Trinajstić information content (AvgIpc) is 3.19. The molecule has 2 atom stereocenters. The number of hydrogen-bond donors (Lipinski definition) is 1. The Kier molecular flexibility index (Phi) is 4.37. The molecule has 0 unspecified atom stereocenters. The standard InChI is InChI=1S/C14H15N5OS.ClH/c20-12-6-10-11(2-5-15-10)19(12)7-9-8-21-14(18-9)13-16-3-1-4-17-13;/h1,3-4,8,10-11,15H,2,5-7H2;1H/t10-,11-;/m1./s1. The van der Waals surface area contributed by atoms with Gasteiger partial charge in [0, 0.05) is 36.3 Å². The summed E-state index contributed by atoms with van der Waals surface area (Å²) in [4.78, 5) is 27.1. The quantitative estimate of drug-likeness (QED) is 0.918. The minimum absolute atomic E-state index is 0. The zero-order valence-corrected chi connectivity index (χ0v) is 13.4. The van der Waals surface area contributed by atoms with Crippen molar-refractivity contribution in [1.82, 2.24) is 25.2 Å². The van der Waals surface area contributed by atoms with Crippen LogP contribution in [0.4, 0.5) is 0 Å². The van der Waals surface area contributed by atoms with Crippen molar-refractivity contribution in [2.45, 2.75) is 31.5 Å². The number of hydrogen-bond acceptors (Lipinski definition) is 6. The van der Waals surface area contributed by atoms with Crippen LogP contribution in [0, 0.1) is 0 Å². The maximum atomic E-state index is 12.1. The highest BCUT2D eigenvalue weighted by Gasteiger charge is 2.42. The van der Waals surface area contributed by atoms with E-state index in [4.69, 9.17) is 0 Å². The number of halogens is 1. The molecule has 6 nitrogen and oxygen atoms in total. The molecular weight excluding hydrogens is 322 g/mol. The van der Waals surface area contributed by atoms with Crippen molar-refractivity contribution in [3.63, 3.8) is 0 Å². The lowest BCUT2D eigenvalue weighted by Crippen LogP contribution is -2.35. The summed E-state index contributed by atoms with van der Waals surface area (Å²) in [7, 11) is 0. The second-order valence-electron chi connectivity index (χ2n) is 5.36. The number of likely N-dealkylation sites (tertiary alicyclic amines) is 1. The van der Waals surface area contributed by atoms with Crippen molar-refractivity contribution in [3.8, 4) is 10.8 Å². The summed E-state index contributed by atoms with van der Waals surface area (Å²) in [5.74, 6) is 0.865. The van der Waals surface area contributed by atoms with Gasteiger partial charge in [-0.25, -0.2) is 15.0 Å². The Hall–Kier alpha value is -1.57. The Morgan fingerprint density at radius 3 is 3.00 bits per heavy atom. The van der Waals surface area contributed by atoms with E-state index in [1.165, 1.54) is 11.3 Å². The minimum Gasteiger partial charge on any atom is -0.332 e. The molecule has 2 aromatic rings. The Morgan fingerprint density at radius 2 is 2.18 bits per heavy atom. The molecule has 0 bridgehead atoms. The second kappa shape index (κ2) is 6.28. The smallest absolute Gasteiger partial charge is 0.224 e. The normalized spacial score (nSPS) is 23.5. The molecule has 2 fully saturated rings. The fourth-order valence-electron chi connectivity index (χ4n) is 3.10. The van der Waals surface area contributed by atoms with Crippen LogP contribution in [0.1, 0.15) is 18.5 Å². The predicted octanol–water partition coefficient (Wildman–Crippen LogP) is 1.48. The Bertz CT molecular complexity index is 664. The highest BCUT2D eigenvalue weighted by atomic mass is 35.5. The second-order valence-corrected chi connectivity index (χ2v) is 6.22. The van der Waals surface area contributed by atoms with Crippen LogP contribution in [-0.4, -0.2) is 44.4 Å². The van der Waals surface area contributed by atoms with E-state index in [0.717, 1.165) is 23.7 Å². The Labute approximate surface area is 138 Å². The van der Waals surface area contributed by atoms with E-state index in [0.29, 0.717) is 30.9 Å². The molecule has 0 aliphatic carbocycles. The van der Waals surface area contributed by atoms with Gasteiger partial charge in [0.25, 0.3) is 0 Å². The van der Waals surface area contributed by atoms with Crippen LogP contribution in [0.15, 0.2) is 23.8 Å². The van der Waals surface area contributed by atoms with Gasteiger partial charge in [0.15, 0.2) is 10.8 Å². The van der Waals surface area contributed by atoms with Gasteiger partial charge in [0.05, 0.1) is 12.2 Å². The van der Waals surface area contributed by atoms with Crippen LogP contribution in [0.25, 0.3) is 10.8 Å². The van der Waals surface area contributed by atoms with Gasteiger partial charge in [0.2, 0.25) is 5.91 Å². The van der Waals surface area contributed by atoms with Crippen molar-refractivity contribution in [1.29, 1.82) is 0 Å². The SMILES string of the molecule is Cl.O=C1C[C@H]2NCC[C@H]2N1Cc1csc(-c2ncccn2)n1. The Morgan fingerprint density at radius 1 is 1.36 bits per heavy atom. The summed E-state index contributed by atoms with van der Waals surface area (Å²) in [6.45, 7) is 1.59. The lowest BCUT2D eigenvalue weighted by atomic mass is 10.1. The zero-order valence-electron chi connectivity index (χ0n) is 11.8. The van der Waals surface area contributed by atoms with E-state index < -0.39 is 0 Å². The number of carbonyl (C=O) groups excluding carboxylic acids is 1. The highest BCUT2D eigenvalue weighted by Crippen LogP contribution is 2.28. The minimum atomic E-state index is 0. The van der Waals surface area contributed by atoms with Crippen molar-refractivity contribution >= 4 is 29.7 Å². The van der Waals surface area contributed by atoms with Crippen LogP contribution in [0.3, 0.4) is 0 Å². The summed E-state index contributed by atoms with van der Waals surface area (Å²) in [5.41, 5.74) is 0.920. The molecule has 22 heavy (non-hydrogen) atoms. The van der Waals surface area contributed by atoms with Crippen LogP contribution in [-0.2, 0) is 11.3 Å². The molecule has 4 heterocycles. The molecule has 8 heteroatoms. The first-order chi connectivity index (χ1) is 10.3. The third-order valence-electron chi connectivity index (χ3n) is 4.07. The number of thiazole rings is 1. The van der Waals surface area contributed by atoms with Gasteiger partial charge < -0.3 is 10.2 Å². The number of fused-ring (bicyclic) bond motifs is 1. The van der Waals surface area contributed by atoms with E-state index in [2.05, 4.69) is 20.3 Å². The van der Waals surface area contributed by atoms with Gasteiger partial charge in [-0.15, -0.1) is 23.7 Å². The first kappa shape index (κ1) is 15.3. The van der Waals surface area contributed by atoms with Gasteiger partial charge >= 0.3 is 0 Å². The van der Waals surface area contributed by atoms with Gasteiger partial charge in [-0.1, -0.05) is 0 Å². The van der Waals surface area contributed by atoms with Crippen molar-refractivity contribution in [3.05, 3.63) is 29.5 Å². The lowest BCUT2D eigenvalue weighted by Gasteiger charge is -2.22. The number of aromatic nitrogens is 3. The summed E-state index contributed by atoms with van der Waals surface area (Å²) in [6, 6.07) is 2.44. The van der Waals surface area contributed by atoms with Crippen LogP contribution < -0.4 is 5.32 Å². The Balaban J connectivity index is 0.00000144. The summed E-state index contributed by atoms with van der Waals surface area (Å²) in [6.07, 6.45) is 5.07. The summed E-state index contributed by atoms with van der Waals surface area (Å²) < 4.78 is 0. The molecular formula is C14H16ClN5OS. The molecule has 0 spiro atoms. The number of amides is 1. The molecule has 4 rings (SSSR count). The van der Waals surface area contributed by atoms with Crippen molar-refractivity contribution in [2.75, 3.05) is 6.54 Å². The first-order valence-electron chi connectivity index (χ1n) is 7.06. The fourth-order valence-corrected chi connectivity index (χ4v) is 3.85. The predicted molar refractivity (Wildman–Crippen MR) is 85.8 cm³/mol. The molecule has 1 amide bonds. The average molecular weight is 338 g/mol. The maximum absolute atomic E-state index is 12.1. The van der Waals surface area contributed by atoms with Crippen molar-refractivity contribution in [2.24, 2.45) is 0 Å². The van der Waals surface area contributed by atoms with Gasteiger partial charge in [-0.2, -0.15) is 0 Å². The molecule has 0 aromatic carbocycles. The molecule has 1 N–H and O–H groups in total. The van der Waals surface area contributed by atoms with E-state index in [-0.39, 0.29) is 18.3 Å². The maximum Gasteiger partial charge on any atom is 0.224 e. The van der Waals surface area contributed by atoms with Gasteiger partial charge in [-0.3, -0.25) is 4.79 Å². The molecule has 2 saturated heterocycles. The molecule has 116 valence electrons. The van der Waals surface area contributed by atoms with Gasteiger partial charge in [0.1, 0.15) is 0 Å². The third-order valence-corrected chi connectivity index (χ3v) is 4.95. The largest absolute Gasteiger partial charge is 0.332 e. The first-order valence-corrected chi connectivity index (χ1v) is 7.94. The monoisotopic (exact) mass is 337 g/mol. The highest BCUT2D eigenvalue weighted by molar-refractivity contribution is 7.13. The molecule has 2 aromatic heterocycles. The van der Waals surface area contributed by atoms with E-state index in [9.17, 15) is 4.79 Å². The van der Waals surface area contributed by atoms with Crippen LogP contribution in [0.5, 0.6) is 0 Å². The summed E-state index contributed by atoms with van der Waals surface area (Å²) in [5, 5.41) is 6.19. The molecule has 2 aliphatic heterocycles. The van der Waals surface area contributed by atoms with Crippen molar-refractivity contribution < 1.29 is 4.79 Å². The molecule has 0 radical (unpaired) electrons.